The second-order valence-corrected chi connectivity index (χ2v) is 6.21. The van der Waals surface area contributed by atoms with Gasteiger partial charge in [-0.25, -0.2) is 0 Å². The minimum absolute atomic E-state index is 0.0769. The summed E-state index contributed by atoms with van der Waals surface area (Å²) in [7, 11) is 0. The second-order valence-electron chi connectivity index (χ2n) is 5.29. The van der Waals surface area contributed by atoms with Gasteiger partial charge in [-0.05, 0) is 47.8 Å². The maximum absolute atomic E-state index is 12.6. The van der Waals surface area contributed by atoms with E-state index in [2.05, 4.69) is 33.2 Å². The minimum Gasteiger partial charge on any atom is -0.337 e. The Hall–Kier alpha value is -0.940. The van der Waals surface area contributed by atoms with Gasteiger partial charge in [0.1, 0.15) is 0 Å². The molecule has 1 saturated heterocycles. The third kappa shape index (κ3) is 4.28. The SMILES string of the molecule is CCCN(CC1CCCCN1)C(=O)c1cncc(Br)c1. The van der Waals surface area contributed by atoms with E-state index < -0.39 is 0 Å². The molecule has 1 fully saturated rings. The molecule has 1 unspecified atom stereocenters. The molecule has 0 aliphatic carbocycles. The Morgan fingerprint density at radius 3 is 3.00 bits per heavy atom. The first-order valence-electron chi connectivity index (χ1n) is 7.34. The summed E-state index contributed by atoms with van der Waals surface area (Å²) < 4.78 is 0.843. The van der Waals surface area contributed by atoms with Crippen LogP contribution in [0.4, 0.5) is 0 Å². The largest absolute Gasteiger partial charge is 0.337 e. The number of rotatable bonds is 5. The Labute approximate surface area is 129 Å². The van der Waals surface area contributed by atoms with Gasteiger partial charge in [-0.2, -0.15) is 0 Å². The average Bonchev–Trinajstić information content (AvgIpc) is 2.47. The molecule has 0 aromatic carbocycles. The van der Waals surface area contributed by atoms with Gasteiger partial charge in [-0.3, -0.25) is 9.78 Å². The lowest BCUT2D eigenvalue weighted by molar-refractivity contribution is 0.0731. The number of carbonyl (C=O) groups excluding carboxylic acids is 1. The summed E-state index contributed by atoms with van der Waals surface area (Å²) in [5.74, 6) is 0.0769. The van der Waals surface area contributed by atoms with E-state index in [9.17, 15) is 4.79 Å². The van der Waals surface area contributed by atoms with Crippen LogP contribution in [-0.4, -0.2) is 41.5 Å². The molecule has 0 radical (unpaired) electrons. The smallest absolute Gasteiger partial charge is 0.255 e. The van der Waals surface area contributed by atoms with E-state index in [0.717, 1.165) is 36.9 Å². The molecule has 2 rings (SSSR count). The van der Waals surface area contributed by atoms with E-state index >= 15 is 0 Å². The molecular weight excluding hydrogens is 318 g/mol. The average molecular weight is 340 g/mol. The van der Waals surface area contributed by atoms with Crippen molar-refractivity contribution in [3.63, 3.8) is 0 Å². The summed E-state index contributed by atoms with van der Waals surface area (Å²) in [5, 5.41) is 3.51. The summed E-state index contributed by atoms with van der Waals surface area (Å²) >= 11 is 3.37. The van der Waals surface area contributed by atoms with Gasteiger partial charge in [-0.1, -0.05) is 13.3 Å². The fourth-order valence-corrected chi connectivity index (χ4v) is 2.97. The van der Waals surface area contributed by atoms with Crippen molar-refractivity contribution in [1.82, 2.24) is 15.2 Å². The van der Waals surface area contributed by atoms with Gasteiger partial charge in [0.25, 0.3) is 5.91 Å². The maximum Gasteiger partial charge on any atom is 0.255 e. The van der Waals surface area contributed by atoms with Gasteiger partial charge >= 0.3 is 0 Å². The summed E-state index contributed by atoms with van der Waals surface area (Å²) in [6, 6.07) is 2.27. The topological polar surface area (TPSA) is 45.2 Å². The third-order valence-corrected chi connectivity index (χ3v) is 4.02. The van der Waals surface area contributed by atoms with E-state index in [1.807, 2.05) is 11.0 Å². The Morgan fingerprint density at radius 2 is 2.35 bits per heavy atom. The van der Waals surface area contributed by atoms with Gasteiger partial charge < -0.3 is 10.2 Å². The molecule has 1 aliphatic heterocycles. The number of hydrogen-bond acceptors (Lipinski definition) is 3. The second kappa shape index (κ2) is 7.74. The van der Waals surface area contributed by atoms with Crippen molar-refractivity contribution in [3.05, 3.63) is 28.5 Å². The van der Waals surface area contributed by atoms with E-state index in [-0.39, 0.29) is 5.91 Å². The van der Waals surface area contributed by atoms with E-state index in [0.29, 0.717) is 11.6 Å². The highest BCUT2D eigenvalue weighted by molar-refractivity contribution is 9.10. The molecule has 5 heteroatoms. The summed E-state index contributed by atoms with van der Waals surface area (Å²) in [6.45, 7) is 4.76. The number of amides is 1. The van der Waals surface area contributed by atoms with Gasteiger partial charge in [-0.15, -0.1) is 0 Å². The van der Waals surface area contributed by atoms with E-state index in [4.69, 9.17) is 0 Å². The fourth-order valence-electron chi connectivity index (χ4n) is 2.60. The molecule has 1 amide bonds. The van der Waals surface area contributed by atoms with Crippen molar-refractivity contribution in [2.24, 2.45) is 0 Å². The zero-order chi connectivity index (χ0) is 14.4. The molecule has 1 aromatic heterocycles. The molecule has 4 nitrogen and oxygen atoms in total. The third-order valence-electron chi connectivity index (χ3n) is 3.59. The van der Waals surface area contributed by atoms with Gasteiger partial charge in [0, 0.05) is 36.0 Å². The molecule has 0 spiro atoms. The van der Waals surface area contributed by atoms with Crippen molar-refractivity contribution in [3.8, 4) is 0 Å². The molecule has 20 heavy (non-hydrogen) atoms. The predicted molar refractivity (Wildman–Crippen MR) is 83.8 cm³/mol. The lowest BCUT2D eigenvalue weighted by Crippen LogP contribution is -2.46. The number of halogens is 1. The fraction of sp³-hybridized carbons (Fsp3) is 0.600. The summed E-state index contributed by atoms with van der Waals surface area (Å²) in [5.41, 5.74) is 0.656. The molecule has 2 heterocycles. The number of aromatic nitrogens is 1. The van der Waals surface area contributed by atoms with Crippen molar-refractivity contribution < 1.29 is 4.79 Å². The first-order valence-corrected chi connectivity index (χ1v) is 8.13. The number of hydrogen-bond donors (Lipinski definition) is 1. The van der Waals surface area contributed by atoms with Crippen molar-refractivity contribution in [2.75, 3.05) is 19.6 Å². The van der Waals surface area contributed by atoms with Crippen LogP contribution in [0.3, 0.4) is 0 Å². The Morgan fingerprint density at radius 1 is 1.50 bits per heavy atom. The van der Waals surface area contributed by atoms with Crippen LogP contribution >= 0.6 is 15.9 Å². The molecule has 1 aromatic rings. The lowest BCUT2D eigenvalue weighted by atomic mass is 10.0. The Kier molecular flexibility index (Phi) is 5.98. The number of carbonyl (C=O) groups is 1. The highest BCUT2D eigenvalue weighted by Gasteiger charge is 2.21. The first kappa shape index (κ1) is 15.4. The van der Waals surface area contributed by atoms with Crippen molar-refractivity contribution in [1.29, 1.82) is 0 Å². The van der Waals surface area contributed by atoms with Crippen LogP contribution in [0.5, 0.6) is 0 Å². The first-order chi connectivity index (χ1) is 9.70. The molecule has 0 saturated carbocycles. The van der Waals surface area contributed by atoms with Gasteiger partial charge in [0.2, 0.25) is 0 Å². The number of piperidine rings is 1. The Balaban J connectivity index is 2.04. The van der Waals surface area contributed by atoms with E-state index in [1.54, 1.807) is 12.4 Å². The molecule has 1 atom stereocenters. The van der Waals surface area contributed by atoms with Gasteiger partial charge in [0.15, 0.2) is 0 Å². The normalized spacial score (nSPS) is 18.8. The maximum atomic E-state index is 12.6. The summed E-state index contributed by atoms with van der Waals surface area (Å²) in [6.07, 6.45) is 7.97. The van der Waals surface area contributed by atoms with Crippen LogP contribution in [0.25, 0.3) is 0 Å². The summed E-state index contributed by atoms with van der Waals surface area (Å²) in [4.78, 5) is 18.6. The van der Waals surface area contributed by atoms with E-state index in [1.165, 1.54) is 12.8 Å². The number of nitrogens with one attached hydrogen (secondary N) is 1. The number of nitrogens with zero attached hydrogens (tertiary/aromatic N) is 2. The van der Waals surface area contributed by atoms with Crippen LogP contribution in [-0.2, 0) is 0 Å². The number of pyridine rings is 1. The van der Waals surface area contributed by atoms with Crippen LogP contribution in [0.1, 0.15) is 43.0 Å². The molecule has 1 aliphatic rings. The zero-order valence-corrected chi connectivity index (χ0v) is 13.5. The molecule has 110 valence electrons. The van der Waals surface area contributed by atoms with Crippen molar-refractivity contribution in [2.45, 2.75) is 38.6 Å². The lowest BCUT2D eigenvalue weighted by Gasteiger charge is -2.30. The molecular formula is C15H22BrN3O. The highest BCUT2D eigenvalue weighted by atomic mass is 79.9. The monoisotopic (exact) mass is 339 g/mol. The van der Waals surface area contributed by atoms with Crippen LogP contribution < -0.4 is 5.32 Å². The minimum atomic E-state index is 0.0769. The molecule has 0 bridgehead atoms. The predicted octanol–water partition coefficient (Wildman–Crippen LogP) is 2.84. The Bertz CT molecular complexity index is 446. The quantitative estimate of drug-likeness (QED) is 0.897. The standard InChI is InChI=1S/C15H22BrN3O/c1-2-7-19(11-14-5-3-4-6-18-14)15(20)12-8-13(16)10-17-9-12/h8-10,14,18H,2-7,11H2,1H3. The highest BCUT2D eigenvalue weighted by Crippen LogP contribution is 2.14. The van der Waals surface area contributed by atoms with Gasteiger partial charge in [0.05, 0.1) is 5.56 Å². The molecule has 1 N–H and O–H groups in total. The van der Waals surface area contributed by atoms with Crippen LogP contribution in [0.15, 0.2) is 22.9 Å². The van der Waals surface area contributed by atoms with Crippen LogP contribution in [0, 0.1) is 0 Å². The zero-order valence-electron chi connectivity index (χ0n) is 11.9. The van der Waals surface area contributed by atoms with Crippen molar-refractivity contribution >= 4 is 21.8 Å². The van der Waals surface area contributed by atoms with Crippen LogP contribution in [0.2, 0.25) is 0 Å².